The van der Waals surface area contributed by atoms with Crippen molar-refractivity contribution >= 4 is 16.8 Å². The summed E-state index contributed by atoms with van der Waals surface area (Å²) in [5.74, 6) is 0.559. The second-order valence-electron chi connectivity index (χ2n) is 7.96. The van der Waals surface area contributed by atoms with Crippen LogP contribution in [-0.2, 0) is 14.9 Å². The molecule has 132 valence electrons. The minimum absolute atomic E-state index is 0.0000746. The third kappa shape index (κ3) is 2.25. The number of carbonyl (C=O) groups excluding carboxylic acids is 1. The van der Waals surface area contributed by atoms with Crippen molar-refractivity contribution < 1.29 is 18.7 Å². The molecule has 4 rings (SSSR count). The van der Waals surface area contributed by atoms with Crippen LogP contribution in [-0.4, -0.2) is 23.6 Å². The summed E-state index contributed by atoms with van der Waals surface area (Å²) >= 11 is 0. The summed E-state index contributed by atoms with van der Waals surface area (Å²) in [6.07, 6.45) is -0.520. The van der Waals surface area contributed by atoms with E-state index in [4.69, 9.17) is 13.9 Å². The average Bonchev–Trinajstić information content (AvgIpc) is 3.07. The van der Waals surface area contributed by atoms with E-state index in [1.54, 1.807) is 6.07 Å². The highest BCUT2D eigenvalue weighted by Crippen LogP contribution is 2.49. The summed E-state index contributed by atoms with van der Waals surface area (Å²) < 4.78 is 17.1. The fourth-order valence-electron chi connectivity index (χ4n) is 3.92. The number of rotatable bonds is 3. The van der Waals surface area contributed by atoms with Crippen LogP contribution in [0.3, 0.4) is 0 Å². The Morgan fingerprint density at radius 2 is 1.92 bits per heavy atom. The van der Waals surface area contributed by atoms with Crippen molar-refractivity contribution in [3.63, 3.8) is 0 Å². The number of ketones is 1. The van der Waals surface area contributed by atoms with Crippen molar-refractivity contribution in [2.24, 2.45) is 0 Å². The van der Waals surface area contributed by atoms with Crippen molar-refractivity contribution in [1.29, 1.82) is 0 Å². The Labute approximate surface area is 145 Å². The highest BCUT2D eigenvalue weighted by atomic mass is 16.6. The van der Waals surface area contributed by atoms with Crippen LogP contribution < -0.4 is 10.4 Å². The van der Waals surface area contributed by atoms with Crippen LogP contribution in [0.1, 0.15) is 45.2 Å². The first-order valence-electron chi connectivity index (χ1n) is 8.59. The van der Waals surface area contributed by atoms with Crippen LogP contribution in [0.15, 0.2) is 27.4 Å². The van der Waals surface area contributed by atoms with Gasteiger partial charge in [-0.25, -0.2) is 4.79 Å². The fourth-order valence-corrected chi connectivity index (χ4v) is 3.92. The summed E-state index contributed by atoms with van der Waals surface area (Å²) in [5, 5.41) is 0.808. The molecule has 0 N–H and O–H groups in total. The first-order chi connectivity index (χ1) is 11.6. The number of carbonyl (C=O) groups is 1. The van der Waals surface area contributed by atoms with E-state index in [0.29, 0.717) is 16.9 Å². The van der Waals surface area contributed by atoms with Crippen LogP contribution in [0, 0.1) is 6.92 Å². The van der Waals surface area contributed by atoms with Crippen molar-refractivity contribution in [3.8, 4) is 5.75 Å². The first-order valence-corrected chi connectivity index (χ1v) is 8.59. The lowest BCUT2D eigenvalue weighted by Gasteiger charge is -2.26. The largest absolute Gasteiger partial charge is 0.488 e. The van der Waals surface area contributed by atoms with Gasteiger partial charge >= 0.3 is 5.63 Å². The third-order valence-corrected chi connectivity index (χ3v) is 5.69. The van der Waals surface area contributed by atoms with E-state index in [9.17, 15) is 9.59 Å². The number of ether oxygens (including phenoxy) is 2. The second kappa shape index (κ2) is 4.94. The Kier molecular flexibility index (Phi) is 3.23. The number of Topliss-reactive ketones (excluding diaryl/α,β-unsaturated/α-hetero) is 1. The Hall–Kier alpha value is -2.14. The van der Waals surface area contributed by atoms with Crippen LogP contribution in [0.5, 0.6) is 5.75 Å². The Morgan fingerprint density at radius 3 is 2.56 bits per heavy atom. The van der Waals surface area contributed by atoms with Crippen LogP contribution in [0.2, 0.25) is 0 Å². The molecule has 2 aliphatic heterocycles. The van der Waals surface area contributed by atoms with Crippen LogP contribution >= 0.6 is 0 Å². The van der Waals surface area contributed by atoms with E-state index in [2.05, 4.69) is 0 Å². The minimum atomic E-state index is -0.731. The zero-order valence-electron chi connectivity index (χ0n) is 15.1. The molecule has 1 aromatic carbocycles. The van der Waals surface area contributed by atoms with Gasteiger partial charge in [0.25, 0.3) is 0 Å². The van der Waals surface area contributed by atoms with Gasteiger partial charge < -0.3 is 13.9 Å². The molecule has 0 spiro atoms. The fraction of sp³-hybridized carbons (Fsp3) is 0.500. The Morgan fingerprint density at radius 1 is 1.24 bits per heavy atom. The van der Waals surface area contributed by atoms with E-state index in [0.717, 1.165) is 10.9 Å². The molecule has 1 saturated heterocycles. The zero-order chi connectivity index (χ0) is 18.1. The van der Waals surface area contributed by atoms with Gasteiger partial charge in [0, 0.05) is 11.8 Å². The number of fused-ring (bicyclic) bond motifs is 3. The Balaban J connectivity index is 1.84. The number of benzene rings is 1. The molecule has 0 radical (unpaired) electrons. The molecule has 1 unspecified atom stereocenters. The predicted octanol–water partition coefficient (Wildman–Crippen LogP) is 3.28. The van der Waals surface area contributed by atoms with Crippen LogP contribution in [0.25, 0.3) is 11.0 Å². The average molecular weight is 342 g/mol. The molecule has 0 aliphatic carbocycles. The number of hydrogen-bond donors (Lipinski definition) is 0. The van der Waals surface area contributed by atoms with Gasteiger partial charge in [-0.1, -0.05) is 19.1 Å². The molecule has 25 heavy (non-hydrogen) atoms. The maximum atomic E-state index is 12.7. The molecule has 1 aromatic heterocycles. The van der Waals surface area contributed by atoms with Gasteiger partial charge in [0.2, 0.25) is 0 Å². The monoisotopic (exact) mass is 342 g/mol. The van der Waals surface area contributed by atoms with E-state index in [1.165, 1.54) is 0 Å². The quantitative estimate of drug-likeness (QED) is 0.632. The van der Waals surface area contributed by atoms with Crippen molar-refractivity contribution in [1.82, 2.24) is 0 Å². The summed E-state index contributed by atoms with van der Waals surface area (Å²) in [5.41, 5.74) is 0.386. The van der Waals surface area contributed by atoms with Gasteiger partial charge in [0.1, 0.15) is 23.5 Å². The predicted molar refractivity (Wildman–Crippen MR) is 93.2 cm³/mol. The lowest BCUT2D eigenvalue weighted by atomic mass is 9.75. The van der Waals surface area contributed by atoms with Gasteiger partial charge in [0.05, 0.1) is 16.6 Å². The normalized spacial score (nSPS) is 29.3. The van der Waals surface area contributed by atoms with E-state index >= 15 is 0 Å². The third-order valence-electron chi connectivity index (χ3n) is 5.69. The second-order valence-corrected chi connectivity index (χ2v) is 7.96. The molecule has 5 heteroatoms. The molecule has 3 atom stereocenters. The number of hydrogen-bond acceptors (Lipinski definition) is 5. The SMILES string of the molecule is Cc1cccc2oc(=O)c3c(c12)O[C@H](C)[C@@]3(C)CC(=O)C1OC1(C)C. The number of epoxide rings is 1. The maximum absolute atomic E-state index is 12.7. The highest BCUT2D eigenvalue weighted by Gasteiger charge is 2.56. The summed E-state index contributed by atoms with van der Waals surface area (Å²) in [6.45, 7) is 9.54. The first kappa shape index (κ1) is 16.3. The van der Waals surface area contributed by atoms with Crippen molar-refractivity contribution in [2.75, 3.05) is 0 Å². The van der Waals surface area contributed by atoms with E-state index < -0.39 is 22.7 Å². The highest BCUT2D eigenvalue weighted by molar-refractivity contribution is 5.91. The zero-order valence-corrected chi connectivity index (χ0v) is 15.1. The van der Waals surface area contributed by atoms with Gasteiger partial charge in [0.15, 0.2) is 5.78 Å². The minimum Gasteiger partial charge on any atom is -0.488 e. The van der Waals surface area contributed by atoms with E-state index in [-0.39, 0.29) is 18.3 Å². The summed E-state index contributed by atoms with van der Waals surface area (Å²) in [6, 6.07) is 5.57. The van der Waals surface area contributed by atoms with Gasteiger partial charge in [-0.2, -0.15) is 0 Å². The molecule has 0 bridgehead atoms. The van der Waals surface area contributed by atoms with E-state index in [1.807, 2.05) is 46.8 Å². The molecule has 1 fully saturated rings. The molecule has 2 aromatic rings. The molecule has 0 amide bonds. The van der Waals surface area contributed by atoms with Gasteiger partial charge in [-0.05, 0) is 39.3 Å². The van der Waals surface area contributed by atoms with Gasteiger partial charge in [-0.15, -0.1) is 0 Å². The molecular formula is C20H22O5. The van der Waals surface area contributed by atoms with Crippen molar-refractivity contribution in [3.05, 3.63) is 39.7 Å². The van der Waals surface area contributed by atoms with Crippen molar-refractivity contribution in [2.45, 2.75) is 64.3 Å². The molecular weight excluding hydrogens is 320 g/mol. The lowest BCUT2D eigenvalue weighted by Crippen LogP contribution is -2.39. The Bertz CT molecular complexity index is 954. The standard InChI is InChI=1S/C20H22O5/c1-10-7-6-8-13-14(10)16-15(18(22)24-13)20(5,11(2)23-16)9-12(21)17-19(3,4)25-17/h6-8,11,17H,9H2,1-5H3/t11-,17?,20-/m1/s1. The number of aryl methyl sites for hydroxylation is 1. The molecule has 2 aliphatic rings. The molecule has 5 nitrogen and oxygen atoms in total. The lowest BCUT2D eigenvalue weighted by molar-refractivity contribution is -0.122. The maximum Gasteiger partial charge on any atom is 0.343 e. The van der Waals surface area contributed by atoms with Gasteiger partial charge in [-0.3, -0.25) is 4.79 Å². The van der Waals surface area contributed by atoms with Crippen LogP contribution in [0.4, 0.5) is 0 Å². The molecule has 3 heterocycles. The topological polar surface area (TPSA) is 69.0 Å². The summed E-state index contributed by atoms with van der Waals surface area (Å²) in [4.78, 5) is 25.4. The molecule has 0 saturated carbocycles. The smallest absolute Gasteiger partial charge is 0.343 e. The summed E-state index contributed by atoms with van der Waals surface area (Å²) in [7, 11) is 0.